The molecule has 1 heterocycles. The molecule has 0 aromatic carbocycles. The molecule has 0 aliphatic rings. The van der Waals surface area contributed by atoms with Crippen molar-refractivity contribution in [2.24, 2.45) is 0 Å². The van der Waals surface area contributed by atoms with E-state index in [0.29, 0.717) is 0 Å². The van der Waals surface area contributed by atoms with E-state index in [0.717, 1.165) is 0 Å². The minimum absolute atomic E-state index is 0.215. The highest BCUT2D eigenvalue weighted by Crippen LogP contribution is 2.22. The van der Waals surface area contributed by atoms with Gasteiger partial charge in [0.2, 0.25) is 0 Å². The lowest BCUT2D eigenvalue weighted by molar-refractivity contribution is 0.0542. The van der Waals surface area contributed by atoms with Crippen molar-refractivity contribution < 1.29 is 19.1 Å². The van der Waals surface area contributed by atoms with Crippen LogP contribution < -0.4 is 0 Å². The van der Waals surface area contributed by atoms with Crippen LogP contribution in [-0.2, 0) is 15.0 Å². The van der Waals surface area contributed by atoms with Gasteiger partial charge < -0.3 is 14.0 Å². The van der Waals surface area contributed by atoms with Gasteiger partial charge in [-0.25, -0.2) is 9.59 Å². The first-order chi connectivity index (χ1) is 7.82. The average molecular weight is 239 g/mol. The Morgan fingerprint density at radius 2 is 1.65 bits per heavy atom. The van der Waals surface area contributed by atoms with Crippen LogP contribution in [0, 0.1) is 0 Å². The van der Waals surface area contributed by atoms with Crippen LogP contribution in [0.2, 0.25) is 0 Å². The second kappa shape index (κ2) is 4.61. The smallest absolute Gasteiger partial charge is 0.355 e. The number of aromatic nitrogens is 1. The van der Waals surface area contributed by atoms with Gasteiger partial charge in [0, 0.05) is 11.7 Å². The van der Waals surface area contributed by atoms with Gasteiger partial charge in [-0.15, -0.1) is 0 Å². The molecule has 0 spiro atoms. The molecular weight excluding hydrogens is 222 g/mol. The summed E-state index contributed by atoms with van der Waals surface area (Å²) in [4.78, 5) is 23.3. The van der Waals surface area contributed by atoms with Gasteiger partial charge in [0.15, 0.2) is 0 Å². The molecule has 0 unspecified atom stereocenters. The highest BCUT2D eigenvalue weighted by atomic mass is 16.5. The van der Waals surface area contributed by atoms with Crippen molar-refractivity contribution in [3.63, 3.8) is 0 Å². The van der Waals surface area contributed by atoms with Gasteiger partial charge in [-0.3, -0.25) is 0 Å². The first kappa shape index (κ1) is 13.3. The molecule has 1 aromatic heterocycles. The van der Waals surface area contributed by atoms with E-state index in [9.17, 15) is 9.59 Å². The molecule has 0 bridgehead atoms. The number of hydrogen-bond donors (Lipinski definition) is 0. The van der Waals surface area contributed by atoms with E-state index in [1.807, 2.05) is 20.8 Å². The van der Waals surface area contributed by atoms with Gasteiger partial charge >= 0.3 is 11.9 Å². The third-order valence-electron chi connectivity index (χ3n) is 2.39. The topological polar surface area (TPSA) is 57.5 Å². The second-order valence-corrected chi connectivity index (χ2v) is 4.60. The number of rotatable bonds is 2. The van der Waals surface area contributed by atoms with E-state index in [-0.39, 0.29) is 16.8 Å². The van der Waals surface area contributed by atoms with Crippen molar-refractivity contribution >= 4 is 11.9 Å². The SMILES string of the molecule is COC(=O)c1ccn(C(C)(C)C)c1C(=O)OC. The fourth-order valence-electron chi connectivity index (χ4n) is 1.57. The summed E-state index contributed by atoms with van der Waals surface area (Å²) in [6, 6.07) is 1.56. The molecular formula is C12H17NO4. The van der Waals surface area contributed by atoms with Crippen molar-refractivity contribution in [3.05, 3.63) is 23.5 Å². The molecule has 1 aromatic rings. The van der Waals surface area contributed by atoms with Crippen molar-refractivity contribution in [1.82, 2.24) is 4.57 Å². The summed E-state index contributed by atoms with van der Waals surface area (Å²) < 4.78 is 11.0. The third kappa shape index (κ3) is 2.49. The molecule has 5 nitrogen and oxygen atoms in total. The molecule has 0 saturated heterocycles. The number of carbonyl (C=O) groups excluding carboxylic acids is 2. The molecule has 0 aliphatic carbocycles. The van der Waals surface area contributed by atoms with E-state index in [1.165, 1.54) is 14.2 Å². The van der Waals surface area contributed by atoms with Crippen LogP contribution in [0.25, 0.3) is 0 Å². The van der Waals surface area contributed by atoms with E-state index < -0.39 is 11.9 Å². The molecule has 0 amide bonds. The number of ether oxygens (including phenoxy) is 2. The fourth-order valence-corrected chi connectivity index (χ4v) is 1.57. The van der Waals surface area contributed by atoms with Gasteiger partial charge in [0.1, 0.15) is 5.69 Å². The minimum atomic E-state index is -0.551. The van der Waals surface area contributed by atoms with Gasteiger partial charge in [0.25, 0.3) is 0 Å². The predicted octanol–water partition coefficient (Wildman–Crippen LogP) is 1.82. The van der Waals surface area contributed by atoms with E-state index >= 15 is 0 Å². The van der Waals surface area contributed by atoms with E-state index in [2.05, 4.69) is 4.74 Å². The lowest BCUT2D eigenvalue weighted by Gasteiger charge is -2.23. The summed E-state index contributed by atoms with van der Waals surface area (Å²) in [5.74, 6) is -1.10. The summed E-state index contributed by atoms with van der Waals surface area (Å²) in [6.45, 7) is 5.79. The average Bonchev–Trinajstić information content (AvgIpc) is 2.70. The monoisotopic (exact) mass is 239 g/mol. The number of methoxy groups -OCH3 is 2. The highest BCUT2D eigenvalue weighted by molar-refractivity contribution is 6.02. The zero-order valence-corrected chi connectivity index (χ0v) is 10.7. The van der Waals surface area contributed by atoms with Gasteiger partial charge in [0.05, 0.1) is 19.8 Å². The van der Waals surface area contributed by atoms with Crippen molar-refractivity contribution in [1.29, 1.82) is 0 Å². The Balaban J connectivity index is 3.40. The van der Waals surface area contributed by atoms with Crippen LogP contribution in [0.4, 0.5) is 0 Å². The highest BCUT2D eigenvalue weighted by Gasteiger charge is 2.27. The standard InChI is InChI=1S/C12H17NO4/c1-12(2,3)13-7-6-8(10(14)16-4)9(13)11(15)17-5/h6-7H,1-5H3. The maximum absolute atomic E-state index is 11.7. The lowest BCUT2D eigenvalue weighted by atomic mass is 10.1. The maximum Gasteiger partial charge on any atom is 0.355 e. The number of carbonyl (C=O) groups is 2. The summed E-state index contributed by atoms with van der Waals surface area (Å²) in [5, 5.41) is 0. The Hall–Kier alpha value is -1.78. The summed E-state index contributed by atoms with van der Waals surface area (Å²) in [5.41, 5.74) is 0.108. The zero-order chi connectivity index (χ0) is 13.2. The van der Waals surface area contributed by atoms with Gasteiger partial charge in [-0.2, -0.15) is 0 Å². The van der Waals surface area contributed by atoms with Gasteiger partial charge in [-0.1, -0.05) is 0 Å². The normalized spacial score (nSPS) is 11.1. The summed E-state index contributed by atoms with van der Waals surface area (Å²) >= 11 is 0. The molecule has 0 aliphatic heterocycles. The first-order valence-electron chi connectivity index (χ1n) is 5.21. The van der Waals surface area contributed by atoms with Gasteiger partial charge in [-0.05, 0) is 26.8 Å². The Kier molecular flexibility index (Phi) is 3.60. The molecule has 0 atom stereocenters. The van der Waals surface area contributed by atoms with E-state index in [4.69, 9.17) is 4.74 Å². The third-order valence-corrected chi connectivity index (χ3v) is 2.39. The molecule has 0 saturated carbocycles. The lowest BCUT2D eigenvalue weighted by Crippen LogP contribution is -2.26. The van der Waals surface area contributed by atoms with Crippen LogP contribution in [0.3, 0.4) is 0 Å². The molecule has 1 rings (SSSR count). The number of nitrogens with zero attached hydrogens (tertiary/aromatic N) is 1. The Morgan fingerprint density at radius 1 is 1.12 bits per heavy atom. The molecule has 94 valence electrons. The molecule has 0 fully saturated rings. The largest absolute Gasteiger partial charge is 0.465 e. The molecule has 5 heteroatoms. The molecule has 17 heavy (non-hydrogen) atoms. The Labute approximate surface area is 100 Å². The Bertz CT molecular complexity index is 440. The first-order valence-corrected chi connectivity index (χ1v) is 5.21. The molecule has 0 radical (unpaired) electrons. The number of esters is 2. The quantitative estimate of drug-likeness (QED) is 0.739. The van der Waals surface area contributed by atoms with Crippen molar-refractivity contribution in [2.45, 2.75) is 26.3 Å². The number of hydrogen-bond acceptors (Lipinski definition) is 4. The Morgan fingerprint density at radius 3 is 2.06 bits per heavy atom. The van der Waals surface area contributed by atoms with Crippen LogP contribution >= 0.6 is 0 Å². The minimum Gasteiger partial charge on any atom is -0.465 e. The van der Waals surface area contributed by atoms with Crippen molar-refractivity contribution in [3.8, 4) is 0 Å². The summed E-state index contributed by atoms with van der Waals surface area (Å²) in [6.07, 6.45) is 1.68. The fraction of sp³-hybridized carbons (Fsp3) is 0.500. The summed E-state index contributed by atoms with van der Waals surface area (Å²) in [7, 11) is 2.56. The van der Waals surface area contributed by atoms with Crippen LogP contribution in [-0.4, -0.2) is 30.7 Å². The predicted molar refractivity (Wildman–Crippen MR) is 62.1 cm³/mol. The zero-order valence-electron chi connectivity index (χ0n) is 10.7. The second-order valence-electron chi connectivity index (χ2n) is 4.60. The molecule has 0 N–H and O–H groups in total. The van der Waals surface area contributed by atoms with Crippen molar-refractivity contribution in [2.75, 3.05) is 14.2 Å². The van der Waals surface area contributed by atoms with Crippen LogP contribution in [0.1, 0.15) is 41.6 Å². The van der Waals surface area contributed by atoms with Crippen LogP contribution in [0.5, 0.6) is 0 Å². The van der Waals surface area contributed by atoms with E-state index in [1.54, 1.807) is 16.8 Å². The maximum atomic E-state index is 11.7. The van der Waals surface area contributed by atoms with Crippen LogP contribution in [0.15, 0.2) is 12.3 Å².